The van der Waals surface area contributed by atoms with Crippen molar-refractivity contribution in [2.24, 2.45) is 0 Å². The Labute approximate surface area is 124 Å². The van der Waals surface area contributed by atoms with Gasteiger partial charge in [-0.25, -0.2) is 13.1 Å². The summed E-state index contributed by atoms with van der Waals surface area (Å²) < 4.78 is 24.9. The Kier molecular flexibility index (Phi) is 3.28. The number of benzene rings is 1. The van der Waals surface area contributed by atoms with Crippen LogP contribution in [0.15, 0.2) is 24.3 Å². The molecular weight excluding hydrogens is 286 g/mol. The van der Waals surface area contributed by atoms with Crippen LogP contribution in [0.1, 0.15) is 23.6 Å². The number of sulfone groups is 1. The summed E-state index contributed by atoms with van der Waals surface area (Å²) in [5, 5.41) is 4.55. The highest BCUT2D eigenvalue weighted by Gasteiger charge is 2.31. The molecule has 112 valence electrons. The van der Waals surface area contributed by atoms with Crippen LogP contribution in [0.4, 0.5) is 5.82 Å². The van der Waals surface area contributed by atoms with Gasteiger partial charge in [-0.2, -0.15) is 5.10 Å². The molecule has 2 aromatic rings. The Morgan fingerprint density at radius 1 is 1.29 bits per heavy atom. The molecular formula is C15H19N3O2S. The third kappa shape index (κ3) is 2.68. The fourth-order valence-corrected chi connectivity index (χ4v) is 4.59. The van der Waals surface area contributed by atoms with Gasteiger partial charge >= 0.3 is 0 Å². The van der Waals surface area contributed by atoms with Crippen molar-refractivity contribution >= 4 is 15.7 Å². The SMILES string of the molecule is Cc1ccc(-c2cc(N)n([C@H]3CCS(=O)(=O)C3)n2)c(C)c1. The Morgan fingerprint density at radius 2 is 2.05 bits per heavy atom. The highest BCUT2D eigenvalue weighted by atomic mass is 32.2. The molecule has 0 bridgehead atoms. The molecule has 6 heteroatoms. The summed E-state index contributed by atoms with van der Waals surface area (Å²) >= 11 is 0. The minimum absolute atomic E-state index is 0.130. The van der Waals surface area contributed by atoms with Crippen LogP contribution in [0.25, 0.3) is 11.3 Å². The van der Waals surface area contributed by atoms with Crippen molar-refractivity contribution in [2.75, 3.05) is 17.2 Å². The first-order valence-electron chi connectivity index (χ1n) is 6.99. The van der Waals surface area contributed by atoms with E-state index in [4.69, 9.17) is 5.73 Å². The van der Waals surface area contributed by atoms with Crippen molar-refractivity contribution in [3.8, 4) is 11.3 Å². The molecule has 0 unspecified atom stereocenters. The van der Waals surface area contributed by atoms with Gasteiger partial charge in [0.1, 0.15) is 5.82 Å². The molecule has 0 spiro atoms. The predicted molar refractivity (Wildman–Crippen MR) is 83.9 cm³/mol. The van der Waals surface area contributed by atoms with Crippen molar-refractivity contribution in [2.45, 2.75) is 26.3 Å². The van der Waals surface area contributed by atoms with Crippen LogP contribution >= 0.6 is 0 Å². The van der Waals surface area contributed by atoms with Crippen LogP contribution in [0.2, 0.25) is 0 Å². The number of nitrogens with zero attached hydrogens (tertiary/aromatic N) is 2. The molecule has 0 radical (unpaired) electrons. The summed E-state index contributed by atoms with van der Waals surface area (Å²) in [7, 11) is -2.95. The second kappa shape index (κ2) is 4.87. The predicted octanol–water partition coefficient (Wildman–Crippen LogP) is 2.11. The minimum atomic E-state index is -2.95. The van der Waals surface area contributed by atoms with Gasteiger partial charge in [0.2, 0.25) is 0 Å². The van der Waals surface area contributed by atoms with Gasteiger partial charge in [0.15, 0.2) is 9.84 Å². The maximum Gasteiger partial charge on any atom is 0.152 e. The van der Waals surface area contributed by atoms with Crippen molar-refractivity contribution in [3.05, 3.63) is 35.4 Å². The molecule has 2 heterocycles. The van der Waals surface area contributed by atoms with Gasteiger partial charge in [0.05, 0.1) is 23.2 Å². The molecule has 0 aliphatic carbocycles. The first kappa shape index (κ1) is 14.1. The van der Waals surface area contributed by atoms with Crippen molar-refractivity contribution in [1.82, 2.24) is 9.78 Å². The van der Waals surface area contributed by atoms with E-state index in [9.17, 15) is 8.42 Å². The van der Waals surface area contributed by atoms with E-state index in [1.165, 1.54) is 5.56 Å². The van der Waals surface area contributed by atoms with Crippen LogP contribution in [0.3, 0.4) is 0 Å². The lowest BCUT2D eigenvalue weighted by Gasteiger charge is -2.10. The van der Waals surface area contributed by atoms with Gasteiger partial charge in [-0.15, -0.1) is 0 Å². The largest absolute Gasteiger partial charge is 0.384 e. The Hall–Kier alpha value is -1.82. The van der Waals surface area contributed by atoms with Crippen molar-refractivity contribution in [3.63, 3.8) is 0 Å². The van der Waals surface area contributed by atoms with Crippen molar-refractivity contribution < 1.29 is 8.42 Å². The van der Waals surface area contributed by atoms with Crippen LogP contribution in [-0.2, 0) is 9.84 Å². The third-order valence-corrected chi connectivity index (χ3v) is 5.73. The molecule has 1 saturated heterocycles. The molecule has 21 heavy (non-hydrogen) atoms. The number of hydrogen-bond donors (Lipinski definition) is 1. The lowest BCUT2D eigenvalue weighted by Crippen LogP contribution is -2.14. The van der Waals surface area contributed by atoms with Gasteiger partial charge in [0.25, 0.3) is 0 Å². The van der Waals surface area contributed by atoms with E-state index in [-0.39, 0.29) is 17.5 Å². The zero-order valence-electron chi connectivity index (χ0n) is 12.2. The Bertz CT molecular complexity index is 793. The second-order valence-corrected chi connectivity index (χ2v) is 8.00. The summed E-state index contributed by atoms with van der Waals surface area (Å²) in [6.07, 6.45) is 0.584. The molecule has 1 atom stereocenters. The fourth-order valence-electron chi connectivity index (χ4n) is 2.90. The van der Waals surface area contributed by atoms with E-state index >= 15 is 0 Å². The summed E-state index contributed by atoms with van der Waals surface area (Å²) in [5.41, 5.74) is 10.2. The summed E-state index contributed by atoms with van der Waals surface area (Å²) in [4.78, 5) is 0. The number of aromatic nitrogens is 2. The normalized spacial score (nSPS) is 20.8. The second-order valence-electron chi connectivity index (χ2n) is 5.77. The number of hydrogen-bond acceptors (Lipinski definition) is 4. The lowest BCUT2D eigenvalue weighted by atomic mass is 10.0. The van der Waals surface area contributed by atoms with Gasteiger partial charge in [0, 0.05) is 11.6 Å². The quantitative estimate of drug-likeness (QED) is 0.921. The number of anilines is 1. The Balaban J connectivity index is 1.98. The van der Waals surface area contributed by atoms with Crippen LogP contribution in [-0.4, -0.2) is 29.7 Å². The summed E-state index contributed by atoms with van der Waals surface area (Å²) in [6, 6.07) is 7.85. The Morgan fingerprint density at radius 3 is 2.67 bits per heavy atom. The molecule has 5 nitrogen and oxygen atoms in total. The van der Waals surface area contributed by atoms with E-state index in [0.717, 1.165) is 16.8 Å². The molecule has 0 saturated carbocycles. The molecule has 2 N–H and O–H groups in total. The molecule has 1 fully saturated rings. The third-order valence-electron chi connectivity index (χ3n) is 3.98. The number of nitrogen functional groups attached to an aromatic ring is 1. The fraction of sp³-hybridized carbons (Fsp3) is 0.400. The van der Waals surface area contributed by atoms with E-state index in [1.807, 2.05) is 32.0 Å². The first-order chi connectivity index (χ1) is 9.85. The number of nitrogens with two attached hydrogens (primary N) is 1. The zero-order valence-corrected chi connectivity index (χ0v) is 13.0. The van der Waals surface area contributed by atoms with E-state index in [1.54, 1.807) is 4.68 Å². The van der Waals surface area contributed by atoms with Crippen LogP contribution < -0.4 is 5.73 Å². The average Bonchev–Trinajstić information content (AvgIpc) is 2.92. The topological polar surface area (TPSA) is 78.0 Å². The molecule has 1 aromatic carbocycles. The molecule has 1 aromatic heterocycles. The van der Waals surface area contributed by atoms with Crippen LogP contribution in [0, 0.1) is 13.8 Å². The summed E-state index contributed by atoms with van der Waals surface area (Å²) in [6.45, 7) is 4.09. The highest BCUT2D eigenvalue weighted by molar-refractivity contribution is 7.91. The van der Waals surface area contributed by atoms with Crippen molar-refractivity contribution in [1.29, 1.82) is 0 Å². The average molecular weight is 305 g/mol. The summed E-state index contributed by atoms with van der Waals surface area (Å²) in [5.74, 6) is 0.869. The molecule has 3 rings (SSSR count). The smallest absolute Gasteiger partial charge is 0.152 e. The number of rotatable bonds is 2. The number of aryl methyl sites for hydroxylation is 2. The zero-order chi connectivity index (χ0) is 15.2. The monoisotopic (exact) mass is 305 g/mol. The molecule has 1 aliphatic heterocycles. The van der Waals surface area contributed by atoms with Crippen LogP contribution in [0.5, 0.6) is 0 Å². The van der Waals surface area contributed by atoms with Gasteiger partial charge in [-0.05, 0) is 25.8 Å². The van der Waals surface area contributed by atoms with E-state index in [0.29, 0.717) is 12.2 Å². The lowest BCUT2D eigenvalue weighted by molar-refractivity contribution is 0.508. The first-order valence-corrected chi connectivity index (χ1v) is 8.81. The minimum Gasteiger partial charge on any atom is -0.384 e. The molecule has 1 aliphatic rings. The highest BCUT2D eigenvalue weighted by Crippen LogP contribution is 2.30. The molecule has 0 amide bonds. The van der Waals surface area contributed by atoms with Gasteiger partial charge < -0.3 is 5.73 Å². The van der Waals surface area contributed by atoms with E-state index < -0.39 is 9.84 Å². The maximum atomic E-state index is 11.6. The maximum absolute atomic E-state index is 11.6. The standard InChI is InChI=1S/C15H19N3O2S/c1-10-3-4-13(11(2)7-10)14-8-15(16)18(17-14)12-5-6-21(19,20)9-12/h3-4,7-8,12H,5-6,9,16H2,1-2H3/t12-/m0/s1. The van der Waals surface area contributed by atoms with Gasteiger partial charge in [-0.1, -0.05) is 23.8 Å². The van der Waals surface area contributed by atoms with E-state index in [2.05, 4.69) is 11.2 Å². The van der Waals surface area contributed by atoms with Gasteiger partial charge in [-0.3, -0.25) is 0 Å².